The van der Waals surface area contributed by atoms with Crippen LogP contribution in [0.1, 0.15) is 35.1 Å². The summed E-state index contributed by atoms with van der Waals surface area (Å²) in [5.74, 6) is -3.18. The molecule has 0 bridgehead atoms. The number of H-pyrrole nitrogens is 1. The van der Waals surface area contributed by atoms with E-state index in [0.29, 0.717) is 34.9 Å². The number of hydrogen-bond donors (Lipinski definition) is 3. The van der Waals surface area contributed by atoms with E-state index in [2.05, 4.69) is 20.3 Å². The Morgan fingerprint density at radius 3 is 2.60 bits per heavy atom. The Morgan fingerprint density at radius 1 is 1.14 bits per heavy atom. The lowest BCUT2D eigenvalue weighted by atomic mass is 10.1. The van der Waals surface area contributed by atoms with E-state index in [4.69, 9.17) is 11.6 Å². The molecule has 0 radical (unpaired) electrons. The molecule has 3 N–H and O–H groups in total. The van der Waals surface area contributed by atoms with Gasteiger partial charge >= 0.3 is 0 Å². The molecule has 2 aromatic heterocycles. The van der Waals surface area contributed by atoms with Crippen LogP contribution in [-0.2, 0) is 16.4 Å². The summed E-state index contributed by atoms with van der Waals surface area (Å²) in [7, 11) is -3.84. The molecule has 0 unspecified atom stereocenters. The molecule has 0 aliphatic rings. The van der Waals surface area contributed by atoms with Crippen LogP contribution in [0.15, 0.2) is 48.7 Å². The van der Waals surface area contributed by atoms with Crippen molar-refractivity contribution in [2.45, 2.75) is 19.8 Å². The fraction of sp³-hybridized carbons (Fsp3) is 0.174. The highest BCUT2D eigenvalue weighted by atomic mass is 35.5. The van der Waals surface area contributed by atoms with Crippen LogP contribution in [0.25, 0.3) is 11.2 Å². The number of rotatable bonds is 8. The number of nitrogens with one attached hydrogen (secondary N) is 3. The number of hydrogen-bond acceptors (Lipinski definition) is 5. The van der Waals surface area contributed by atoms with Gasteiger partial charge in [0.25, 0.3) is 5.91 Å². The molecule has 0 aliphatic heterocycles. The van der Waals surface area contributed by atoms with Crippen molar-refractivity contribution in [3.63, 3.8) is 0 Å². The van der Waals surface area contributed by atoms with E-state index in [-0.39, 0.29) is 11.4 Å². The van der Waals surface area contributed by atoms with Crippen molar-refractivity contribution in [3.8, 4) is 0 Å². The first-order valence-corrected chi connectivity index (χ1v) is 12.6. The number of pyridine rings is 1. The number of amides is 1. The highest BCUT2D eigenvalue weighted by Gasteiger charge is 2.23. The van der Waals surface area contributed by atoms with Crippen LogP contribution >= 0.6 is 11.6 Å². The molecule has 1 amide bonds. The molecule has 4 rings (SSSR count). The Labute approximate surface area is 204 Å². The molecule has 182 valence electrons. The number of carbonyl (C=O) groups is 1. The summed E-state index contributed by atoms with van der Waals surface area (Å²) in [6.07, 6.45) is 2.10. The standard InChI is InChI=1S/C23H20ClF2N5O3S/c1-2-9-35(33,34)31-17-8-7-16(25)20(21(17)26)23(32)28-15-11-18-22(27-12-15)30-19(29-18)10-13-3-5-14(24)6-4-13/h3-8,11-12,31H,2,9-10H2,1H3,(H,28,32)(H,27,29,30). The summed E-state index contributed by atoms with van der Waals surface area (Å²) in [5.41, 5.74) is 0.613. The SMILES string of the molecule is CCCS(=O)(=O)Nc1ccc(F)c(C(=O)Nc2cnc3nc(Cc4ccc(Cl)cc4)[nH]c3c2)c1F. The predicted molar refractivity (Wildman–Crippen MR) is 130 cm³/mol. The van der Waals surface area contributed by atoms with Gasteiger partial charge in [-0.15, -0.1) is 0 Å². The van der Waals surface area contributed by atoms with E-state index >= 15 is 0 Å². The largest absolute Gasteiger partial charge is 0.340 e. The Balaban J connectivity index is 1.55. The summed E-state index contributed by atoms with van der Waals surface area (Å²) in [4.78, 5) is 24.4. The van der Waals surface area contributed by atoms with Crippen molar-refractivity contribution < 1.29 is 22.0 Å². The highest BCUT2D eigenvalue weighted by molar-refractivity contribution is 7.92. The van der Waals surface area contributed by atoms with Gasteiger partial charge in [0, 0.05) is 11.4 Å². The highest BCUT2D eigenvalue weighted by Crippen LogP contribution is 2.24. The van der Waals surface area contributed by atoms with Gasteiger partial charge < -0.3 is 10.3 Å². The van der Waals surface area contributed by atoms with Gasteiger partial charge in [0.1, 0.15) is 17.2 Å². The third kappa shape index (κ3) is 5.75. The van der Waals surface area contributed by atoms with Gasteiger partial charge in [0.2, 0.25) is 10.0 Å². The van der Waals surface area contributed by atoms with Crippen LogP contribution in [0.3, 0.4) is 0 Å². The number of fused-ring (bicyclic) bond motifs is 1. The van der Waals surface area contributed by atoms with E-state index in [1.807, 2.05) is 16.9 Å². The number of nitrogens with zero attached hydrogens (tertiary/aromatic N) is 2. The van der Waals surface area contributed by atoms with Crippen molar-refractivity contribution in [3.05, 3.63) is 82.3 Å². The van der Waals surface area contributed by atoms with Crippen molar-refractivity contribution >= 4 is 50.1 Å². The summed E-state index contributed by atoms with van der Waals surface area (Å²) in [5, 5.41) is 3.01. The number of aromatic nitrogens is 3. The van der Waals surface area contributed by atoms with E-state index in [0.717, 1.165) is 17.7 Å². The van der Waals surface area contributed by atoms with Crippen molar-refractivity contribution in [1.82, 2.24) is 15.0 Å². The second-order valence-corrected chi connectivity index (χ2v) is 10.0. The minimum atomic E-state index is -3.84. The van der Waals surface area contributed by atoms with Gasteiger partial charge in [-0.3, -0.25) is 9.52 Å². The quantitative estimate of drug-likeness (QED) is 0.306. The number of sulfonamides is 1. The van der Waals surface area contributed by atoms with Crippen molar-refractivity contribution in [1.29, 1.82) is 0 Å². The molecule has 2 heterocycles. The number of aromatic amines is 1. The number of halogens is 3. The lowest BCUT2D eigenvalue weighted by Crippen LogP contribution is -2.20. The van der Waals surface area contributed by atoms with Crippen LogP contribution in [0.4, 0.5) is 20.2 Å². The van der Waals surface area contributed by atoms with Gasteiger partial charge in [0.15, 0.2) is 11.5 Å². The minimum absolute atomic E-state index is 0.167. The van der Waals surface area contributed by atoms with E-state index in [1.54, 1.807) is 19.1 Å². The van der Waals surface area contributed by atoms with Gasteiger partial charge in [-0.05, 0) is 42.3 Å². The maximum absolute atomic E-state index is 14.9. The molecule has 8 nitrogen and oxygen atoms in total. The van der Waals surface area contributed by atoms with Crippen LogP contribution in [0.2, 0.25) is 5.02 Å². The molecule has 2 aromatic carbocycles. The average molecular weight is 520 g/mol. The monoisotopic (exact) mass is 519 g/mol. The van der Waals surface area contributed by atoms with Crippen molar-refractivity contribution in [2.24, 2.45) is 0 Å². The summed E-state index contributed by atoms with van der Waals surface area (Å²) in [6.45, 7) is 1.64. The maximum atomic E-state index is 14.9. The first kappa shape index (κ1) is 24.6. The maximum Gasteiger partial charge on any atom is 0.261 e. The molecule has 0 fully saturated rings. The van der Waals surface area contributed by atoms with Gasteiger partial charge in [0.05, 0.1) is 28.8 Å². The molecular weight excluding hydrogens is 500 g/mol. The number of anilines is 2. The second-order valence-electron chi connectivity index (χ2n) is 7.74. The third-order valence-electron chi connectivity index (χ3n) is 4.99. The number of benzene rings is 2. The average Bonchev–Trinajstić information content (AvgIpc) is 3.19. The first-order chi connectivity index (χ1) is 16.6. The summed E-state index contributed by atoms with van der Waals surface area (Å²) in [6, 6.07) is 10.6. The Bertz CT molecular complexity index is 1510. The first-order valence-electron chi connectivity index (χ1n) is 10.5. The Kier molecular flexibility index (Phi) is 6.99. The Hall–Kier alpha value is -3.57. The predicted octanol–water partition coefficient (Wildman–Crippen LogP) is 4.88. The normalized spacial score (nSPS) is 11.5. The molecule has 0 saturated heterocycles. The molecule has 4 aromatic rings. The number of carbonyl (C=O) groups excluding carboxylic acids is 1. The summed E-state index contributed by atoms with van der Waals surface area (Å²) >= 11 is 5.91. The fourth-order valence-corrected chi connectivity index (χ4v) is 4.68. The van der Waals surface area contributed by atoms with E-state index in [1.165, 1.54) is 12.3 Å². The molecule has 0 atom stereocenters. The van der Waals surface area contributed by atoms with Crippen molar-refractivity contribution in [2.75, 3.05) is 15.8 Å². The van der Waals surface area contributed by atoms with Crippen LogP contribution in [0, 0.1) is 11.6 Å². The molecule has 12 heteroatoms. The molecular formula is C23H20ClF2N5O3S. The second kappa shape index (κ2) is 9.96. The smallest absolute Gasteiger partial charge is 0.261 e. The van der Waals surface area contributed by atoms with E-state index < -0.39 is 38.8 Å². The molecule has 0 saturated carbocycles. The van der Waals surface area contributed by atoms with Gasteiger partial charge in [-0.25, -0.2) is 27.2 Å². The molecule has 35 heavy (non-hydrogen) atoms. The van der Waals surface area contributed by atoms with Crippen LogP contribution in [0.5, 0.6) is 0 Å². The zero-order valence-corrected chi connectivity index (χ0v) is 20.0. The lowest BCUT2D eigenvalue weighted by molar-refractivity contribution is 0.101. The zero-order valence-electron chi connectivity index (χ0n) is 18.4. The Morgan fingerprint density at radius 2 is 1.89 bits per heavy atom. The lowest BCUT2D eigenvalue weighted by Gasteiger charge is -2.12. The fourth-order valence-electron chi connectivity index (χ4n) is 3.42. The summed E-state index contributed by atoms with van der Waals surface area (Å²) < 4.78 is 55.2. The number of imidazole rings is 1. The molecule has 0 aliphatic carbocycles. The third-order valence-corrected chi connectivity index (χ3v) is 6.71. The minimum Gasteiger partial charge on any atom is -0.340 e. The van der Waals surface area contributed by atoms with E-state index in [9.17, 15) is 22.0 Å². The molecule has 0 spiro atoms. The van der Waals surface area contributed by atoms with Gasteiger partial charge in [-0.1, -0.05) is 30.7 Å². The van der Waals surface area contributed by atoms with Gasteiger partial charge in [-0.2, -0.15) is 0 Å². The van der Waals surface area contributed by atoms with Crippen LogP contribution < -0.4 is 10.0 Å². The topological polar surface area (TPSA) is 117 Å². The zero-order chi connectivity index (χ0) is 25.2. The van der Waals surface area contributed by atoms with Crippen LogP contribution in [-0.4, -0.2) is 35.0 Å².